The molecule has 3 saturated carbocycles. The second-order valence-electron chi connectivity index (χ2n) is 9.27. The van der Waals surface area contributed by atoms with Gasteiger partial charge in [-0.2, -0.15) is 0 Å². The lowest BCUT2D eigenvalue weighted by Crippen LogP contribution is -2.53. The molecule has 32 heavy (non-hydrogen) atoms. The summed E-state index contributed by atoms with van der Waals surface area (Å²) < 4.78 is 11.6. The van der Waals surface area contributed by atoms with Gasteiger partial charge >= 0.3 is 11.9 Å². The molecule has 2 aromatic carbocycles. The van der Waals surface area contributed by atoms with Crippen molar-refractivity contribution in [1.82, 2.24) is 0 Å². The van der Waals surface area contributed by atoms with Crippen LogP contribution in [0.4, 0.5) is 0 Å². The van der Waals surface area contributed by atoms with E-state index < -0.39 is 23.7 Å². The number of rotatable bonds is 6. The summed E-state index contributed by atoms with van der Waals surface area (Å²) in [5.74, 6) is -2.19. The molecule has 5 rings (SSSR count). The summed E-state index contributed by atoms with van der Waals surface area (Å²) in [5, 5.41) is 19.5. The molecule has 3 fully saturated rings. The lowest BCUT2D eigenvalue weighted by atomic mass is 9.52. The van der Waals surface area contributed by atoms with E-state index >= 15 is 0 Å². The third-order valence-electron chi connectivity index (χ3n) is 7.32. The number of carbonyl (C=O) groups is 2. The van der Waals surface area contributed by atoms with Crippen LogP contribution < -0.4 is 0 Å². The summed E-state index contributed by atoms with van der Waals surface area (Å²) in [5.41, 5.74) is 1.62. The second kappa shape index (κ2) is 8.49. The average molecular weight is 437 g/mol. The Kier molecular flexibility index (Phi) is 5.53. The minimum atomic E-state index is -0.538. The van der Waals surface area contributed by atoms with Crippen molar-refractivity contribution >= 4 is 11.9 Å². The van der Waals surface area contributed by atoms with Crippen LogP contribution in [0.1, 0.15) is 61.5 Å². The van der Waals surface area contributed by atoms with Crippen LogP contribution in [-0.4, -0.2) is 34.4 Å². The van der Waals surface area contributed by atoms with Crippen molar-refractivity contribution in [2.45, 2.75) is 62.6 Å². The number of esters is 2. The molecule has 2 aromatic rings. The van der Waals surface area contributed by atoms with Crippen LogP contribution in [-0.2, 0) is 19.1 Å². The first-order valence-corrected chi connectivity index (χ1v) is 11.5. The lowest BCUT2D eigenvalue weighted by molar-refractivity contribution is -0.177. The molecule has 6 nitrogen and oxygen atoms in total. The smallest absolute Gasteiger partial charge is 0.310 e. The Morgan fingerprint density at radius 2 is 0.969 bits per heavy atom. The number of aromatic hydroxyl groups is 2. The molecule has 0 amide bonds. The highest BCUT2D eigenvalue weighted by Crippen LogP contribution is 2.59. The topological polar surface area (TPSA) is 93.1 Å². The van der Waals surface area contributed by atoms with Gasteiger partial charge in [0.15, 0.2) is 0 Å². The minimum absolute atomic E-state index is 0.0515. The molecular weight excluding hydrogens is 408 g/mol. The van der Waals surface area contributed by atoms with Gasteiger partial charge in [-0.1, -0.05) is 24.3 Å². The van der Waals surface area contributed by atoms with Crippen LogP contribution in [0.15, 0.2) is 48.5 Å². The summed E-state index contributed by atoms with van der Waals surface area (Å²) >= 11 is 0. The SMILES string of the molecule is O=C(OC1CCC1)C1C(c2ccc(O)cc2)C(C(=O)OC2CCC2)C1c1ccc(O)cc1. The van der Waals surface area contributed by atoms with Gasteiger partial charge in [-0.25, -0.2) is 0 Å². The van der Waals surface area contributed by atoms with E-state index in [1.807, 2.05) is 0 Å². The van der Waals surface area contributed by atoms with Gasteiger partial charge in [0, 0.05) is 11.8 Å². The molecule has 0 spiro atoms. The summed E-state index contributed by atoms with van der Waals surface area (Å²) in [6.45, 7) is 0. The van der Waals surface area contributed by atoms with E-state index in [2.05, 4.69) is 0 Å². The van der Waals surface area contributed by atoms with E-state index in [1.165, 1.54) is 0 Å². The predicted molar refractivity (Wildman–Crippen MR) is 116 cm³/mol. The van der Waals surface area contributed by atoms with Crippen LogP contribution in [0, 0.1) is 11.8 Å². The molecule has 0 heterocycles. The Morgan fingerprint density at radius 1 is 0.625 bits per heavy atom. The number of hydrogen-bond donors (Lipinski definition) is 2. The average Bonchev–Trinajstić information content (AvgIpc) is 2.70. The van der Waals surface area contributed by atoms with Gasteiger partial charge in [-0.15, -0.1) is 0 Å². The first kappa shape index (κ1) is 20.9. The molecule has 0 aromatic heterocycles. The van der Waals surface area contributed by atoms with Crippen molar-refractivity contribution < 1.29 is 29.3 Å². The van der Waals surface area contributed by atoms with Crippen molar-refractivity contribution in [3.63, 3.8) is 0 Å². The molecule has 0 saturated heterocycles. The van der Waals surface area contributed by atoms with Gasteiger partial charge in [0.25, 0.3) is 0 Å². The molecule has 0 bridgehead atoms. The Morgan fingerprint density at radius 3 is 1.25 bits per heavy atom. The van der Waals surface area contributed by atoms with Gasteiger partial charge in [0.1, 0.15) is 23.7 Å². The monoisotopic (exact) mass is 436 g/mol. The number of phenols is 2. The van der Waals surface area contributed by atoms with Crippen molar-refractivity contribution in [2.75, 3.05) is 0 Å². The molecule has 0 radical (unpaired) electrons. The summed E-state index contributed by atoms with van der Waals surface area (Å²) in [6.07, 6.45) is 5.51. The third-order valence-corrected chi connectivity index (χ3v) is 7.32. The van der Waals surface area contributed by atoms with Gasteiger partial charge in [0.05, 0.1) is 11.8 Å². The standard InChI is InChI=1S/C26H28O6/c27-17-11-7-15(8-12-17)21-23(25(29)31-19-3-1-4-19)22(16-9-13-18(28)14-10-16)24(21)26(30)32-20-5-2-6-20/h7-14,19-24,27-28H,1-6H2. The number of ether oxygens (including phenoxy) is 2. The first-order valence-electron chi connectivity index (χ1n) is 11.5. The molecule has 0 aliphatic heterocycles. The summed E-state index contributed by atoms with van der Waals surface area (Å²) in [7, 11) is 0. The fourth-order valence-corrected chi connectivity index (χ4v) is 5.02. The number of phenolic OH excluding ortho intramolecular Hbond substituents is 2. The maximum absolute atomic E-state index is 13.3. The maximum Gasteiger partial charge on any atom is 0.310 e. The Bertz CT molecular complexity index is 885. The van der Waals surface area contributed by atoms with E-state index in [9.17, 15) is 19.8 Å². The van der Waals surface area contributed by atoms with Crippen LogP contribution in [0.2, 0.25) is 0 Å². The van der Waals surface area contributed by atoms with Gasteiger partial charge in [0.2, 0.25) is 0 Å². The zero-order valence-corrected chi connectivity index (χ0v) is 17.9. The molecule has 6 heteroatoms. The highest BCUT2D eigenvalue weighted by molar-refractivity contribution is 5.85. The number of hydrogen-bond acceptors (Lipinski definition) is 6. The lowest BCUT2D eigenvalue weighted by Gasteiger charge is -2.50. The summed E-state index contributed by atoms with van der Waals surface area (Å²) in [6, 6.07) is 13.4. The van der Waals surface area contributed by atoms with E-state index in [0.717, 1.165) is 49.7 Å². The minimum Gasteiger partial charge on any atom is -0.508 e. The van der Waals surface area contributed by atoms with E-state index in [4.69, 9.17) is 9.47 Å². The van der Waals surface area contributed by atoms with Crippen LogP contribution in [0.5, 0.6) is 11.5 Å². The van der Waals surface area contributed by atoms with Crippen molar-refractivity contribution in [2.24, 2.45) is 11.8 Å². The first-order chi connectivity index (χ1) is 15.5. The van der Waals surface area contributed by atoms with Crippen LogP contribution in [0.25, 0.3) is 0 Å². The number of carbonyl (C=O) groups excluding carboxylic acids is 2. The molecule has 2 N–H and O–H groups in total. The van der Waals surface area contributed by atoms with Crippen molar-refractivity contribution in [1.29, 1.82) is 0 Å². The fourth-order valence-electron chi connectivity index (χ4n) is 5.02. The van der Waals surface area contributed by atoms with Gasteiger partial charge in [-0.05, 0) is 73.9 Å². The van der Waals surface area contributed by atoms with E-state index in [1.54, 1.807) is 48.5 Å². The van der Waals surface area contributed by atoms with E-state index in [-0.39, 0.29) is 35.6 Å². The van der Waals surface area contributed by atoms with Gasteiger partial charge in [-0.3, -0.25) is 9.59 Å². The second-order valence-corrected chi connectivity index (χ2v) is 9.27. The zero-order valence-electron chi connectivity index (χ0n) is 17.9. The van der Waals surface area contributed by atoms with E-state index in [0.29, 0.717) is 0 Å². The summed E-state index contributed by atoms with van der Waals surface area (Å²) in [4.78, 5) is 26.6. The number of benzene rings is 2. The normalized spacial score (nSPS) is 27.5. The molecule has 3 aliphatic carbocycles. The van der Waals surface area contributed by atoms with Crippen LogP contribution in [0.3, 0.4) is 0 Å². The zero-order chi connectivity index (χ0) is 22.2. The predicted octanol–water partition coefficient (Wildman–Crippen LogP) is 4.40. The molecular formula is C26H28O6. The highest BCUT2D eigenvalue weighted by Gasteiger charge is 2.60. The highest BCUT2D eigenvalue weighted by atomic mass is 16.6. The Hall–Kier alpha value is -3.02. The van der Waals surface area contributed by atoms with Gasteiger partial charge < -0.3 is 19.7 Å². The Labute approximate surface area is 187 Å². The maximum atomic E-state index is 13.3. The molecule has 3 aliphatic rings. The molecule has 0 unspecified atom stereocenters. The van der Waals surface area contributed by atoms with Crippen molar-refractivity contribution in [3.05, 3.63) is 59.7 Å². The quantitative estimate of drug-likeness (QED) is 0.652. The molecule has 0 atom stereocenters. The molecule has 168 valence electrons. The van der Waals surface area contributed by atoms with Crippen LogP contribution >= 0.6 is 0 Å². The fraction of sp³-hybridized carbons (Fsp3) is 0.462. The Balaban J connectivity index is 1.50. The largest absolute Gasteiger partial charge is 0.508 e. The third kappa shape index (κ3) is 3.83. The van der Waals surface area contributed by atoms with Crippen molar-refractivity contribution in [3.8, 4) is 11.5 Å².